The summed E-state index contributed by atoms with van der Waals surface area (Å²) in [5.74, 6) is 0.949. The molecule has 0 amide bonds. The summed E-state index contributed by atoms with van der Waals surface area (Å²) >= 11 is 6.11. The Morgan fingerprint density at radius 1 is 0.957 bits per heavy atom. The molecule has 0 aliphatic heterocycles. The Balaban J connectivity index is 1.67. The normalized spacial score (nSPS) is 11.0. The Hall–Kier alpha value is -1.51. The predicted molar refractivity (Wildman–Crippen MR) is 98.4 cm³/mol. The highest BCUT2D eigenvalue weighted by Crippen LogP contribution is 2.27. The van der Waals surface area contributed by atoms with Crippen molar-refractivity contribution in [3.63, 3.8) is 0 Å². The molecule has 0 N–H and O–H groups in total. The van der Waals surface area contributed by atoms with Crippen molar-refractivity contribution in [1.82, 2.24) is 4.90 Å². The molecule has 124 valence electrons. The number of nitrogens with zero attached hydrogens (tertiary/aromatic N) is 1. The Morgan fingerprint density at radius 2 is 1.70 bits per heavy atom. The van der Waals surface area contributed by atoms with Gasteiger partial charge >= 0.3 is 0 Å². The van der Waals surface area contributed by atoms with Gasteiger partial charge in [0, 0.05) is 11.6 Å². The monoisotopic (exact) mass is 331 g/mol. The smallest absolute Gasteiger partial charge is 0.122 e. The summed E-state index contributed by atoms with van der Waals surface area (Å²) < 4.78 is 5.90. The second-order valence-electron chi connectivity index (χ2n) is 6.07. The van der Waals surface area contributed by atoms with Crippen LogP contribution >= 0.6 is 11.6 Å². The van der Waals surface area contributed by atoms with Gasteiger partial charge in [-0.1, -0.05) is 41.9 Å². The number of hydrogen-bond acceptors (Lipinski definition) is 2. The van der Waals surface area contributed by atoms with Crippen molar-refractivity contribution in [2.45, 2.75) is 33.2 Å². The van der Waals surface area contributed by atoms with Crippen LogP contribution in [0.5, 0.6) is 5.75 Å². The fraction of sp³-hybridized carbons (Fsp3) is 0.400. The van der Waals surface area contributed by atoms with Crippen LogP contribution in [0.15, 0.2) is 42.5 Å². The van der Waals surface area contributed by atoms with Crippen molar-refractivity contribution in [3.05, 3.63) is 64.2 Å². The molecule has 0 aromatic heterocycles. The zero-order valence-corrected chi connectivity index (χ0v) is 15.1. The lowest BCUT2D eigenvalue weighted by molar-refractivity contribution is 0.274. The van der Waals surface area contributed by atoms with Crippen LogP contribution in [0.1, 0.15) is 29.5 Å². The van der Waals surface area contributed by atoms with Crippen LogP contribution < -0.4 is 4.74 Å². The molecule has 0 aliphatic carbocycles. The van der Waals surface area contributed by atoms with Crippen molar-refractivity contribution in [1.29, 1.82) is 0 Å². The maximum atomic E-state index is 6.11. The molecule has 0 unspecified atom stereocenters. The summed E-state index contributed by atoms with van der Waals surface area (Å²) in [5, 5.41) is 0.803. The van der Waals surface area contributed by atoms with Gasteiger partial charge in [-0.05, 0) is 69.1 Å². The van der Waals surface area contributed by atoms with Gasteiger partial charge in [-0.3, -0.25) is 0 Å². The maximum Gasteiger partial charge on any atom is 0.122 e. The van der Waals surface area contributed by atoms with E-state index < -0.39 is 0 Å². The molecule has 0 fully saturated rings. The van der Waals surface area contributed by atoms with E-state index in [-0.39, 0.29) is 0 Å². The number of benzene rings is 2. The summed E-state index contributed by atoms with van der Waals surface area (Å²) in [6, 6.07) is 14.5. The first-order valence-corrected chi connectivity index (χ1v) is 8.56. The van der Waals surface area contributed by atoms with Gasteiger partial charge in [0.05, 0.1) is 6.61 Å². The molecule has 2 aromatic rings. The van der Waals surface area contributed by atoms with Crippen LogP contribution in [0.25, 0.3) is 0 Å². The Labute approximate surface area is 145 Å². The molecule has 2 rings (SSSR count). The van der Waals surface area contributed by atoms with Crippen molar-refractivity contribution in [3.8, 4) is 5.75 Å². The number of hydrogen-bond donors (Lipinski definition) is 0. The van der Waals surface area contributed by atoms with Gasteiger partial charge in [-0.25, -0.2) is 0 Å². The molecule has 0 spiro atoms. The summed E-state index contributed by atoms with van der Waals surface area (Å²) in [7, 11) is 2.17. The van der Waals surface area contributed by atoms with Gasteiger partial charge in [0.2, 0.25) is 0 Å². The Bertz CT molecular complexity index is 613. The molecular formula is C20H26ClNO. The lowest BCUT2D eigenvalue weighted by Gasteiger charge is -2.17. The van der Waals surface area contributed by atoms with E-state index in [0.29, 0.717) is 0 Å². The average molecular weight is 332 g/mol. The molecule has 3 heteroatoms. The van der Waals surface area contributed by atoms with Crippen molar-refractivity contribution < 1.29 is 4.74 Å². The summed E-state index contributed by atoms with van der Waals surface area (Å²) in [6.45, 7) is 6.92. The third-order valence-electron chi connectivity index (χ3n) is 4.16. The van der Waals surface area contributed by atoms with E-state index in [4.69, 9.17) is 16.3 Å². The van der Waals surface area contributed by atoms with Crippen LogP contribution in [0.3, 0.4) is 0 Å². The zero-order chi connectivity index (χ0) is 16.7. The van der Waals surface area contributed by atoms with Crippen LogP contribution in [0, 0.1) is 13.8 Å². The highest BCUT2D eigenvalue weighted by Gasteiger charge is 2.06. The van der Waals surface area contributed by atoms with E-state index in [2.05, 4.69) is 49.2 Å². The van der Waals surface area contributed by atoms with Crippen LogP contribution in [0.4, 0.5) is 0 Å². The summed E-state index contributed by atoms with van der Waals surface area (Å²) in [6.07, 6.45) is 2.19. The molecule has 0 radical (unpaired) electrons. The van der Waals surface area contributed by atoms with Crippen molar-refractivity contribution >= 4 is 11.6 Å². The van der Waals surface area contributed by atoms with Gasteiger partial charge < -0.3 is 9.64 Å². The highest BCUT2D eigenvalue weighted by atomic mass is 35.5. The molecule has 0 atom stereocenters. The summed E-state index contributed by atoms with van der Waals surface area (Å²) in [4.78, 5) is 2.35. The van der Waals surface area contributed by atoms with Crippen molar-refractivity contribution in [2.24, 2.45) is 0 Å². The van der Waals surface area contributed by atoms with E-state index in [0.717, 1.165) is 54.4 Å². The SMILES string of the molecule is Cc1c(Cl)ccc(OCCCCN(C)Cc2ccccc2)c1C. The average Bonchev–Trinajstić information content (AvgIpc) is 2.55. The Kier molecular flexibility index (Phi) is 6.94. The largest absolute Gasteiger partial charge is 0.493 e. The van der Waals surface area contributed by atoms with Gasteiger partial charge in [0.25, 0.3) is 0 Å². The molecule has 2 nitrogen and oxygen atoms in total. The summed E-state index contributed by atoms with van der Waals surface area (Å²) in [5.41, 5.74) is 3.60. The number of ether oxygens (including phenoxy) is 1. The first kappa shape index (κ1) is 17.8. The third kappa shape index (κ3) is 5.56. The maximum absolute atomic E-state index is 6.11. The Morgan fingerprint density at radius 3 is 2.43 bits per heavy atom. The first-order valence-electron chi connectivity index (χ1n) is 8.19. The lowest BCUT2D eigenvalue weighted by Crippen LogP contribution is -2.19. The molecule has 0 bridgehead atoms. The van der Waals surface area contributed by atoms with Crippen molar-refractivity contribution in [2.75, 3.05) is 20.2 Å². The van der Waals surface area contributed by atoms with Gasteiger partial charge in [0.15, 0.2) is 0 Å². The van der Waals surface area contributed by atoms with Gasteiger partial charge in [-0.2, -0.15) is 0 Å². The molecule has 0 aliphatic rings. The molecule has 2 aromatic carbocycles. The lowest BCUT2D eigenvalue weighted by atomic mass is 10.1. The predicted octanol–water partition coefficient (Wildman–Crippen LogP) is 5.25. The van der Waals surface area contributed by atoms with Crippen LogP contribution in [-0.2, 0) is 6.54 Å². The third-order valence-corrected chi connectivity index (χ3v) is 4.57. The second kappa shape index (κ2) is 8.95. The second-order valence-corrected chi connectivity index (χ2v) is 6.48. The molecule has 0 saturated carbocycles. The fourth-order valence-electron chi connectivity index (χ4n) is 2.56. The fourth-order valence-corrected chi connectivity index (χ4v) is 2.76. The highest BCUT2D eigenvalue weighted by molar-refractivity contribution is 6.31. The number of halogens is 1. The topological polar surface area (TPSA) is 12.5 Å². The van der Waals surface area contributed by atoms with E-state index in [1.165, 1.54) is 5.56 Å². The van der Waals surface area contributed by atoms with Crippen LogP contribution in [-0.4, -0.2) is 25.1 Å². The molecular weight excluding hydrogens is 306 g/mol. The molecule has 23 heavy (non-hydrogen) atoms. The van der Waals surface area contributed by atoms with E-state index in [9.17, 15) is 0 Å². The minimum atomic E-state index is 0.751. The zero-order valence-electron chi connectivity index (χ0n) is 14.3. The quantitative estimate of drug-likeness (QED) is 0.613. The number of unbranched alkanes of at least 4 members (excludes halogenated alkanes) is 1. The van der Waals surface area contributed by atoms with Crippen LogP contribution in [0.2, 0.25) is 5.02 Å². The molecule has 0 heterocycles. The number of rotatable bonds is 8. The van der Waals surface area contributed by atoms with Gasteiger partial charge in [-0.15, -0.1) is 0 Å². The minimum Gasteiger partial charge on any atom is -0.493 e. The van der Waals surface area contributed by atoms with E-state index in [1.54, 1.807) is 0 Å². The minimum absolute atomic E-state index is 0.751. The molecule has 0 saturated heterocycles. The van der Waals surface area contributed by atoms with E-state index >= 15 is 0 Å². The first-order chi connectivity index (χ1) is 11.1. The van der Waals surface area contributed by atoms with E-state index in [1.807, 2.05) is 19.1 Å². The standard InChI is InChI=1S/C20H26ClNO/c1-16-17(2)20(12-11-19(16)21)23-14-8-7-13-22(3)15-18-9-5-4-6-10-18/h4-6,9-12H,7-8,13-15H2,1-3H3. The van der Waals surface area contributed by atoms with Gasteiger partial charge in [0.1, 0.15) is 5.75 Å².